The van der Waals surface area contributed by atoms with Gasteiger partial charge in [0.25, 0.3) is 0 Å². The van der Waals surface area contributed by atoms with E-state index in [9.17, 15) is 0 Å². The summed E-state index contributed by atoms with van der Waals surface area (Å²) in [5, 5.41) is 3.13. The summed E-state index contributed by atoms with van der Waals surface area (Å²) >= 11 is 0. The Labute approximate surface area is 99.6 Å². The molecule has 0 saturated carbocycles. The molecule has 1 atom stereocenters. The number of hydrogen-bond donors (Lipinski definition) is 1. The fourth-order valence-corrected chi connectivity index (χ4v) is 1.34. The minimum Gasteiger partial charge on any atom is -0.382 e. The lowest BCUT2D eigenvalue weighted by molar-refractivity contribution is 0.0269. The van der Waals surface area contributed by atoms with E-state index in [-0.39, 0.29) is 0 Å². The van der Waals surface area contributed by atoms with E-state index in [0.29, 0.717) is 19.3 Å². The molecule has 4 nitrogen and oxygen atoms in total. The first-order chi connectivity index (χ1) is 7.81. The van der Waals surface area contributed by atoms with Crippen molar-refractivity contribution in [2.75, 3.05) is 47.1 Å². The van der Waals surface area contributed by atoms with Crippen molar-refractivity contribution in [1.82, 2.24) is 5.32 Å². The molecule has 0 bridgehead atoms. The molecule has 0 fully saturated rings. The predicted octanol–water partition coefficient (Wildman–Crippen LogP) is 1.44. The van der Waals surface area contributed by atoms with Crippen LogP contribution in [-0.4, -0.2) is 53.2 Å². The first kappa shape index (κ1) is 15.8. The summed E-state index contributed by atoms with van der Waals surface area (Å²) in [7, 11) is 3.65. The van der Waals surface area contributed by atoms with Gasteiger partial charge in [0.05, 0.1) is 19.3 Å². The molecule has 0 rings (SSSR count). The van der Waals surface area contributed by atoms with E-state index in [0.717, 1.165) is 32.6 Å². The van der Waals surface area contributed by atoms with Gasteiger partial charge in [0, 0.05) is 20.3 Å². The highest BCUT2D eigenvalue weighted by atomic mass is 16.5. The van der Waals surface area contributed by atoms with Crippen LogP contribution in [0, 0.1) is 0 Å². The van der Waals surface area contributed by atoms with Crippen molar-refractivity contribution in [1.29, 1.82) is 0 Å². The van der Waals surface area contributed by atoms with Gasteiger partial charge in [-0.2, -0.15) is 0 Å². The second-order valence-corrected chi connectivity index (χ2v) is 3.89. The SMILES string of the molecule is CNCCCC(C)OCCCOCCOC. The number of methoxy groups -OCH3 is 1. The number of nitrogens with one attached hydrogen (secondary N) is 1. The van der Waals surface area contributed by atoms with Crippen LogP contribution in [-0.2, 0) is 14.2 Å². The number of rotatable bonds is 12. The molecule has 0 aromatic heterocycles. The molecule has 1 unspecified atom stereocenters. The molecule has 0 aliphatic heterocycles. The third kappa shape index (κ3) is 11.9. The van der Waals surface area contributed by atoms with Gasteiger partial charge in [0.2, 0.25) is 0 Å². The first-order valence-corrected chi connectivity index (χ1v) is 6.14. The van der Waals surface area contributed by atoms with Gasteiger partial charge >= 0.3 is 0 Å². The van der Waals surface area contributed by atoms with E-state index >= 15 is 0 Å². The van der Waals surface area contributed by atoms with Gasteiger partial charge in [0.1, 0.15) is 0 Å². The van der Waals surface area contributed by atoms with Crippen LogP contribution >= 0.6 is 0 Å². The molecule has 0 aliphatic rings. The fraction of sp³-hybridized carbons (Fsp3) is 1.00. The standard InChI is InChI=1S/C12H27NO3/c1-12(6-4-7-13-2)16-9-5-8-15-11-10-14-3/h12-13H,4-11H2,1-3H3. The molecule has 1 N–H and O–H groups in total. The van der Waals surface area contributed by atoms with Crippen LogP contribution in [0.15, 0.2) is 0 Å². The van der Waals surface area contributed by atoms with Crippen molar-refractivity contribution in [2.24, 2.45) is 0 Å². The molecule has 4 heteroatoms. The maximum atomic E-state index is 5.66. The lowest BCUT2D eigenvalue weighted by atomic mass is 10.2. The van der Waals surface area contributed by atoms with E-state index in [4.69, 9.17) is 14.2 Å². The van der Waals surface area contributed by atoms with Crippen molar-refractivity contribution in [2.45, 2.75) is 32.3 Å². The Morgan fingerprint density at radius 2 is 1.88 bits per heavy atom. The smallest absolute Gasteiger partial charge is 0.0700 e. The molecule has 0 amide bonds. The van der Waals surface area contributed by atoms with Gasteiger partial charge in [-0.3, -0.25) is 0 Å². The van der Waals surface area contributed by atoms with E-state index in [2.05, 4.69) is 12.2 Å². The summed E-state index contributed by atoms with van der Waals surface area (Å²) in [5.41, 5.74) is 0. The maximum Gasteiger partial charge on any atom is 0.0700 e. The lowest BCUT2D eigenvalue weighted by Crippen LogP contribution is -2.15. The molecule has 0 heterocycles. The Bertz CT molecular complexity index is 133. The van der Waals surface area contributed by atoms with Gasteiger partial charge < -0.3 is 19.5 Å². The third-order valence-electron chi connectivity index (χ3n) is 2.30. The van der Waals surface area contributed by atoms with Gasteiger partial charge in [0.15, 0.2) is 0 Å². The molecule has 0 radical (unpaired) electrons. The Morgan fingerprint density at radius 3 is 2.56 bits per heavy atom. The predicted molar refractivity (Wildman–Crippen MR) is 65.9 cm³/mol. The molecule has 0 aromatic carbocycles. The molecule has 0 aliphatic carbocycles. The summed E-state index contributed by atoms with van der Waals surface area (Å²) in [6.07, 6.45) is 3.60. The molecule has 0 aromatic rings. The van der Waals surface area contributed by atoms with Gasteiger partial charge in [-0.1, -0.05) is 0 Å². The monoisotopic (exact) mass is 233 g/mol. The van der Waals surface area contributed by atoms with Crippen LogP contribution in [0.25, 0.3) is 0 Å². The van der Waals surface area contributed by atoms with Crippen molar-refractivity contribution < 1.29 is 14.2 Å². The maximum absolute atomic E-state index is 5.66. The first-order valence-electron chi connectivity index (χ1n) is 6.14. The van der Waals surface area contributed by atoms with Crippen LogP contribution in [0.4, 0.5) is 0 Å². The van der Waals surface area contributed by atoms with E-state index in [1.165, 1.54) is 6.42 Å². The number of hydrogen-bond acceptors (Lipinski definition) is 4. The molecular weight excluding hydrogens is 206 g/mol. The summed E-state index contributed by atoms with van der Waals surface area (Å²) in [6.45, 7) is 6.07. The normalized spacial score (nSPS) is 12.9. The van der Waals surface area contributed by atoms with Crippen LogP contribution in [0.3, 0.4) is 0 Å². The fourth-order valence-electron chi connectivity index (χ4n) is 1.34. The Morgan fingerprint density at radius 1 is 1.06 bits per heavy atom. The molecule has 0 saturated heterocycles. The average Bonchev–Trinajstić information content (AvgIpc) is 2.28. The van der Waals surface area contributed by atoms with Gasteiger partial charge in [-0.05, 0) is 39.8 Å². The van der Waals surface area contributed by atoms with Crippen LogP contribution in [0.2, 0.25) is 0 Å². The van der Waals surface area contributed by atoms with Crippen molar-refractivity contribution >= 4 is 0 Å². The largest absolute Gasteiger partial charge is 0.382 e. The Balaban J connectivity index is 3.06. The zero-order valence-corrected chi connectivity index (χ0v) is 11.0. The summed E-state index contributed by atoms with van der Waals surface area (Å²) in [4.78, 5) is 0. The van der Waals surface area contributed by atoms with Gasteiger partial charge in [-0.25, -0.2) is 0 Å². The van der Waals surface area contributed by atoms with Crippen LogP contribution in [0.1, 0.15) is 26.2 Å². The summed E-state index contributed by atoms with van der Waals surface area (Å²) in [5.74, 6) is 0. The molecular formula is C12H27NO3. The van der Waals surface area contributed by atoms with Crippen LogP contribution in [0.5, 0.6) is 0 Å². The second-order valence-electron chi connectivity index (χ2n) is 3.89. The van der Waals surface area contributed by atoms with Crippen molar-refractivity contribution in [3.63, 3.8) is 0 Å². The lowest BCUT2D eigenvalue weighted by Gasteiger charge is -2.12. The topological polar surface area (TPSA) is 39.7 Å². The quantitative estimate of drug-likeness (QED) is 0.518. The third-order valence-corrected chi connectivity index (χ3v) is 2.30. The molecule has 16 heavy (non-hydrogen) atoms. The zero-order valence-electron chi connectivity index (χ0n) is 11.0. The van der Waals surface area contributed by atoms with E-state index in [1.54, 1.807) is 7.11 Å². The second kappa shape index (κ2) is 12.9. The molecule has 98 valence electrons. The minimum absolute atomic E-state index is 0.354. The minimum atomic E-state index is 0.354. The van der Waals surface area contributed by atoms with E-state index in [1.807, 2.05) is 7.05 Å². The summed E-state index contributed by atoms with van der Waals surface area (Å²) in [6, 6.07) is 0. The summed E-state index contributed by atoms with van der Waals surface area (Å²) < 4.78 is 15.9. The number of ether oxygens (including phenoxy) is 3. The van der Waals surface area contributed by atoms with Crippen molar-refractivity contribution in [3.8, 4) is 0 Å². The highest BCUT2D eigenvalue weighted by Gasteiger charge is 2.00. The van der Waals surface area contributed by atoms with E-state index < -0.39 is 0 Å². The average molecular weight is 233 g/mol. The highest BCUT2D eigenvalue weighted by molar-refractivity contribution is 4.52. The van der Waals surface area contributed by atoms with Crippen LogP contribution < -0.4 is 5.32 Å². The Hall–Kier alpha value is -0.160. The van der Waals surface area contributed by atoms with Gasteiger partial charge in [-0.15, -0.1) is 0 Å². The molecule has 0 spiro atoms. The Kier molecular flexibility index (Phi) is 12.8. The zero-order chi connectivity index (χ0) is 12.1. The van der Waals surface area contributed by atoms with Crippen molar-refractivity contribution in [3.05, 3.63) is 0 Å². The highest BCUT2D eigenvalue weighted by Crippen LogP contribution is 2.01.